The SMILES string of the molecule is CCC(C)c1ccc(O)c(O)c1. The summed E-state index contributed by atoms with van der Waals surface area (Å²) in [4.78, 5) is 0. The Morgan fingerprint density at radius 1 is 1.25 bits per heavy atom. The maximum absolute atomic E-state index is 9.19. The Hall–Kier alpha value is -1.18. The zero-order chi connectivity index (χ0) is 9.14. The predicted octanol–water partition coefficient (Wildman–Crippen LogP) is 2.61. The number of aromatic hydroxyl groups is 2. The molecule has 2 heteroatoms. The summed E-state index contributed by atoms with van der Waals surface area (Å²) in [7, 11) is 0. The maximum Gasteiger partial charge on any atom is 0.157 e. The monoisotopic (exact) mass is 166 g/mol. The van der Waals surface area contributed by atoms with Gasteiger partial charge in [-0.15, -0.1) is 0 Å². The molecular formula is C10H14O2. The van der Waals surface area contributed by atoms with Crippen LogP contribution in [0, 0.1) is 0 Å². The molecule has 0 fully saturated rings. The molecule has 0 bridgehead atoms. The van der Waals surface area contributed by atoms with E-state index in [4.69, 9.17) is 5.11 Å². The van der Waals surface area contributed by atoms with E-state index in [9.17, 15) is 5.11 Å². The Morgan fingerprint density at radius 2 is 1.92 bits per heavy atom. The van der Waals surface area contributed by atoms with Gasteiger partial charge in [0.05, 0.1) is 0 Å². The molecular weight excluding hydrogens is 152 g/mol. The molecule has 0 aliphatic heterocycles. The zero-order valence-corrected chi connectivity index (χ0v) is 7.41. The number of benzene rings is 1. The van der Waals surface area contributed by atoms with Crippen LogP contribution in [-0.2, 0) is 0 Å². The molecule has 0 saturated heterocycles. The molecule has 1 unspecified atom stereocenters. The van der Waals surface area contributed by atoms with Crippen LogP contribution in [0.2, 0.25) is 0 Å². The summed E-state index contributed by atoms with van der Waals surface area (Å²) in [5.41, 5.74) is 1.06. The van der Waals surface area contributed by atoms with Crippen molar-refractivity contribution in [1.29, 1.82) is 0 Å². The Morgan fingerprint density at radius 3 is 2.42 bits per heavy atom. The van der Waals surface area contributed by atoms with Crippen molar-refractivity contribution in [2.45, 2.75) is 26.2 Å². The molecule has 1 atom stereocenters. The minimum atomic E-state index is -0.0537. The maximum atomic E-state index is 9.19. The second-order valence-electron chi connectivity index (χ2n) is 3.06. The molecule has 2 nitrogen and oxygen atoms in total. The van der Waals surface area contributed by atoms with E-state index in [-0.39, 0.29) is 11.5 Å². The third kappa shape index (κ3) is 1.70. The van der Waals surface area contributed by atoms with E-state index in [2.05, 4.69) is 13.8 Å². The van der Waals surface area contributed by atoms with Crippen molar-refractivity contribution in [3.05, 3.63) is 23.8 Å². The fourth-order valence-corrected chi connectivity index (χ4v) is 1.08. The average Bonchev–Trinajstić information content (AvgIpc) is 2.08. The normalized spacial score (nSPS) is 12.8. The lowest BCUT2D eigenvalue weighted by atomic mass is 9.98. The van der Waals surface area contributed by atoms with Crippen molar-refractivity contribution in [1.82, 2.24) is 0 Å². The van der Waals surface area contributed by atoms with E-state index in [0.29, 0.717) is 5.92 Å². The topological polar surface area (TPSA) is 40.5 Å². The van der Waals surface area contributed by atoms with Crippen LogP contribution in [0.5, 0.6) is 11.5 Å². The first-order valence-electron chi connectivity index (χ1n) is 4.17. The van der Waals surface area contributed by atoms with Gasteiger partial charge in [0.2, 0.25) is 0 Å². The lowest BCUT2D eigenvalue weighted by Gasteiger charge is -2.09. The fraction of sp³-hybridized carbons (Fsp3) is 0.400. The third-order valence-corrected chi connectivity index (χ3v) is 2.18. The Labute approximate surface area is 72.5 Å². The van der Waals surface area contributed by atoms with Crippen LogP contribution in [-0.4, -0.2) is 10.2 Å². The number of phenolic OH excluding ortho intramolecular Hbond substituents is 2. The van der Waals surface area contributed by atoms with Crippen LogP contribution in [0.3, 0.4) is 0 Å². The summed E-state index contributed by atoms with van der Waals surface area (Å²) in [5, 5.41) is 18.2. The Balaban J connectivity index is 2.96. The summed E-state index contributed by atoms with van der Waals surface area (Å²) in [6.07, 6.45) is 1.03. The fourth-order valence-electron chi connectivity index (χ4n) is 1.08. The van der Waals surface area contributed by atoms with Gasteiger partial charge in [0, 0.05) is 0 Å². The summed E-state index contributed by atoms with van der Waals surface area (Å²) in [5.74, 6) is 0.339. The highest BCUT2D eigenvalue weighted by Gasteiger charge is 2.05. The molecule has 0 aromatic heterocycles. The van der Waals surface area contributed by atoms with Gasteiger partial charge in [0.25, 0.3) is 0 Å². The van der Waals surface area contributed by atoms with Gasteiger partial charge in [-0.1, -0.05) is 19.9 Å². The molecule has 0 spiro atoms. The molecule has 0 aliphatic rings. The summed E-state index contributed by atoms with van der Waals surface area (Å²) >= 11 is 0. The van der Waals surface area contributed by atoms with E-state index in [1.165, 1.54) is 6.07 Å². The molecule has 1 aromatic carbocycles. The first-order chi connectivity index (χ1) is 5.65. The summed E-state index contributed by atoms with van der Waals surface area (Å²) < 4.78 is 0. The zero-order valence-electron chi connectivity index (χ0n) is 7.41. The van der Waals surface area contributed by atoms with E-state index in [0.717, 1.165) is 12.0 Å². The number of phenols is 2. The first kappa shape index (κ1) is 8.91. The number of hydrogen-bond acceptors (Lipinski definition) is 2. The van der Waals surface area contributed by atoms with Crippen LogP contribution in [0.4, 0.5) is 0 Å². The van der Waals surface area contributed by atoms with E-state index >= 15 is 0 Å². The van der Waals surface area contributed by atoms with Crippen molar-refractivity contribution >= 4 is 0 Å². The molecule has 1 rings (SSSR count). The predicted molar refractivity (Wildman–Crippen MR) is 48.5 cm³/mol. The lowest BCUT2D eigenvalue weighted by Crippen LogP contribution is -1.89. The molecule has 66 valence electrons. The van der Waals surface area contributed by atoms with Crippen LogP contribution in [0.15, 0.2) is 18.2 Å². The lowest BCUT2D eigenvalue weighted by molar-refractivity contribution is 0.402. The molecule has 2 N–H and O–H groups in total. The largest absolute Gasteiger partial charge is 0.504 e. The van der Waals surface area contributed by atoms with Gasteiger partial charge in [0.1, 0.15) is 0 Å². The summed E-state index contributed by atoms with van der Waals surface area (Å²) in [6, 6.07) is 4.98. The Bertz CT molecular complexity index is 269. The molecule has 0 aliphatic carbocycles. The second kappa shape index (κ2) is 3.48. The van der Waals surface area contributed by atoms with Crippen molar-refractivity contribution in [3.63, 3.8) is 0 Å². The van der Waals surface area contributed by atoms with Crippen molar-refractivity contribution < 1.29 is 10.2 Å². The third-order valence-electron chi connectivity index (χ3n) is 2.18. The van der Waals surface area contributed by atoms with Crippen LogP contribution < -0.4 is 0 Å². The van der Waals surface area contributed by atoms with Gasteiger partial charge in [-0.2, -0.15) is 0 Å². The Kier molecular flexibility index (Phi) is 2.58. The minimum absolute atomic E-state index is 0.0344. The molecule has 0 amide bonds. The van der Waals surface area contributed by atoms with Gasteiger partial charge in [0.15, 0.2) is 11.5 Å². The highest BCUT2D eigenvalue weighted by Crippen LogP contribution is 2.29. The van der Waals surface area contributed by atoms with Gasteiger partial charge in [-0.25, -0.2) is 0 Å². The molecule has 12 heavy (non-hydrogen) atoms. The average molecular weight is 166 g/mol. The van der Waals surface area contributed by atoms with Gasteiger partial charge in [-0.05, 0) is 30.0 Å². The van der Waals surface area contributed by atoms with Crippen molar-refractivity contribution in [2.75, 3.05) is 0 Å². The van der Waals surface area contributed by atoms with Crippen LogP contribution in [0.25, 0.3) is 0 Å². The van der Waals surface area contributed by atoms with Gasteiger partial charge >= 0.3 is 0 Å². The number of rotatable bonds is 2. The molecule has 1 aromatic rings. The first-order valence-corrected chi connectivity index (χ1v) is 4.17. The second-order valence-corrected chi connectivity index (χ2v) is 3.06. The van der Waals surface area contributed by atoms with Crippen LogP contribution in [0.1, 0.15) is 31.7 Å². The smallest absolute Gasteiger partial charge is 0.157 e. The van der Waals surface area contributed by atoms with E-state index in [1.54, 1.807) is 6.07 Å². The van der Waals surface area contributed by atoms with E-state index < -0.39 is 0 Å². The number of hydrogen-bond donors (Lipinski definition) is 2. The standard InChI is InChI=1S/C10H14O2/c1-3-7(2)8-4-5-9(11)10(12)6-8/h4-7,11-12H,3H2,1-2H3. The molecule has 0 saturated carbocycles. The van der Waals surface area contributed by atoms with Gasteiger partial charge in [-0.3, -0.25) is 0 Å². The highest BCUT2D eigenvalue weighted by atomic mass is 16.3. The van der Waals surface area contributed by atoms with E-state index in [1.807, 2.05) is 6.07 Å². The molecule has 0 radical (unpaired) electrons. The van der Waals surface area contributed by atoms with Crippen molar-refractivity contribution in [3.8, 4) is 11.5 Å². The molecule has 0 heterocycles. The van der Waals surface area contributed by atoms with Gasteiger partial charge < -0.3 is 10.2 Å². The van der Waals surface area contributed by atoms with Crippen molar-refractivity contribution in [2.24, 2.45) is 0 Å². The highest BCUT2D eigenvalue weighted by molar-refractivity contribution is 5.41. The minimum Gasteiger partial charge on any atom is -0.504 e. The summed E-state index contributed by atoms with van der Waals surface area (Å²) in [6.45, 7) is 4.18. The quantitative estimate of drug-likeness (QED) is 0.663. The van der Waals surface area contributed by atoms with Crippen LogP contribution >= 0.6 is 0 Å².